The van der Waals surface area contributed by atoms with Gasteiger partial charge in [-0.3, -0.25) is 0 Å². The van der Waals surface area contributed by atoms with Crippen molar-refractivity contribution in [3.05, 3.63) is 119 Å². The maximum absolute atomic E-state index is 14.7. The van der Waals surface area contributed by atoms with Gasteiger partial charge < -0.3 is 14.2 Å². The molecule has 0 saturated carbocycles. The predicted molar refractivity (Wildman–Crippen MR) is 149 cm³/mol. The van der Waals surface area contributed by atoms with Crippen molar-refractivity contribution in [1.29, 1.82) is 0 Å². The summed E-state index contributed by atoms with van der Waals surface area (Å²) in [6.07, 6.45) is 7.18. The summed E-state index contributed by atoms with van der Waals surface area (Å²) in [5.74, 6) is -0.193. The van der Waals surface area contributed by atoms with Gasteiger partial charge in [-0.05, 0) is 60.9 Å². The third-order valence-corrected chi connectivity index (χ3v) is 5.20. The first-order valence-electron chi connectivity index (χ1n) is 11.9. The summed E-state index contributed by atoms with van der Waals surface area (Å²) in [5.41, 5.74) is 3.61. The van der Waals surface area contributed by atoms with Crippen LogP contribution in [0.15, 0.2) is 91.0 Å². The van der Waals surface area contributed by atoms with E-state index in [9.17, 15) is 14.0 Å². The summed E-state index contributed by atoms with van der Waals surface area (Å²) in [6, 6.07) is 19.3. The summed E-state index contributed by atoms with van der Waals surface area (Å²) < 4.78 is 30.4. The smallest absolute Gasteiger partial charge is 0.338 e. The van der Waals surface area contributed by atoms with Crippen LogP contribution in [0.25, 0.3) is 24.3 Å². The molecule has 0 radical (unpaired) electrons. The molecule has 0 aliphatic rings. The van der Waals surface area contributed by atoms with E-state index in [2.05, 4.69) is 13.2 Å². The van der Waals surface area contributed by atoms with Crippen molar-refractivity contribution < 1.29 is 28.2 Å². The number of hydrogen-bond donors (Lipinski definition) is 0. The lowest BCUT2D eigenvalue weighted by atomic mass is 10.1. The van der Waals surface area contributed by atoms with E-state index in [1.165, 1.54) is 6.07 Å². The highest BCUT2D eigenvalue weighted by Gasteiger charge is 2.05. The quantitative estimate of drug-likeness (QED) is 0.0898. The molecule has 0 amide bonds. The molecule has 0 aliphatic heterocycles. The zero-order valence-electron chi connectivity index (χ0n) is 21.4. The second kappa shape index (κ2) is 13.6. The van der Waals surface area contributed by atoms with Crippen molar-refractivity contribution in [1.82, 2.24) is 0 Å². The number of esters is 2. The van der Waals surface area contributed by atoms with E-state index >= 15 is 0 Å². The Labute approximate surface area is 222 Å². The number of halogens is 1. The molecule has 3 aromatic carbocycles. The van der Waals surface area contributed by atoms with Gasteiger partial charge >= 0.3 is 11.9 Å². The Morgan fingerprint density at radius 1 is 0.711 bits per heavy atom. The highest BCUT2D eigenvalue weighted by atomic mass is 19.1. The zero-order valence-corrected chi connectivity index (χ0v) is 21.4. The Hall–Kier alpha value is -4.71. The number of hydrogen-bond acceptors (Lipinski definition) is 5. The molecule has 38 heavy (non-hydrogen) atoms. The maximum Gasteiger partial charge on any atom is 0.338 e. The van der Waals surface area contributed by atoms with Crippen LogP contribution in [0.3, 0.4) is 0 Å². The second-order valence-electron chi connectivity index (χ2n) is 8.52. The Morgan fingerprint density at radius 3 is 1.82 bits per heavy atom. The molecule has 0 fully saturated rings. The van der Waals surface area contributed by atoms with Crippen LogP contribution < -0.4 is 9.47 Å². The Bertz CT molecular complexity index is 1370. The molecule has 0 unspecified atom stereocenters. The lowest BCUT2D eigenvalue weighted by Crippen LogP contribution is -2.12. The van der Waals surface area contributed by atoms with E-state index in [1.807, 2.05) is 42.5 Å². The predicted octanol–water partition coefficient (Wildman–Crippen LogP) is 7.15. The fourth-order valence-electron chi connectivity index (χ4n) is 3.09. The highest BCUT2D eigenvalue weighted by molar-refractivity contribution is 5.89. The molecular weight excluding hydrogens is 483 g/mol. The van der Waals surface area contributed by atoms with Gasteiger partial charge in [0.15, 0.2) is 0 Å². The van der Waals surface area contributed by atoms with E-state index in [-0.39, 0.29) is 19.0 Å². The fraction of sp³-hybridized carbons (Fsp3) is 0.125. The number of carbonyl (C=O) groups is 2. The molecule has 0 bridgehead atoms. The van der Waals surface area contributed by atoms with Crippen molar-refractivity contribution >= 4 is 36.2 Å². The van der Waals surface area contributed by atoms with Crippen LogP contribution in [0.5, 0.6) is 11.5 Å². The lowest BCUT2D eigenvalue weighted by molar-refractivity contribution is -0.139. The first kappa shape index (κ1) is 27.9. The second-order valence-corrected chi connectivity index (χ2v) is 8.52. The summed E-state index contributed by atoms with van der Waals surface area (Å²) in [7, 11) is 0. The number of carbonyl (C=O) groups excluding carboxylic acids is 2. The van der Waals surface area contributed by atoms with Crippen LogP contribution in [0.4, 0.5) is 4.39 Å². The van der Waals surface area contributed by atoms with Crippen LogP contribution >= 0.6 is 0 Å². The molecule has 194 valence electrons. The SMILES string of the molecule is C=C(C)C(=O)OCCOc1ccc(/C=C/c2ccc(/C=C/c3ccc(OC(=O)C(=C)C)cc3)c(F)c2)cc1. The van der Waals surface area contributed by atoms with Crippen molar-refractivity contribution in [2.75, 3.05) is 13.2 Å². The first-order valence-corrected chi connectivity index (χ1v) is 11.9. The van der Waals surface area contributed by atoms with Gasteiger partial charge in [-0.2, -0.15) is 0 Å². The van der Waals surface area contributed by atoms with Gasteiger partial charge in [0.1, 0.15) is 30.5 Å². The minimum absolute atomic E-state index is 0.142. The molecule has 5 nitrogen and oxygen atoms in total. The van der Waals surface area contributed by atoms with Gasteiger partial charge in [0.25, 0.3) is 0 Å². The van der Waals surface area contributed by atoms with Crippen molar-refractivity contribution in [3.8, 4) is 11.5 Å². The molecule has 0 saturated heterocycles. The fourth-order valence-corrected chi connectivity index (χ4v) is 3.09. The Morgan fingerprint density at radius 2 is 1.24 bits per heavy atom. The van der Waals surface area contributed by atoms with Gasteiger partial charge in [-0.25, -0.2) is 14.0 Å². The zero-order chi connectivity index (χ0) is 27.5. The van der Waals surface area contributed by atoms with Gasteiger partial charge in [-0.15, -0.1) is 0 Å². The Kier molecular flexibility index (Phi) is 9.94. The van der Waals surface area contributed by atoms with Gasteiger partial charge in [0, 0.05) is 16.7 Å². The summed E-state index contributed by atoms with van der Waals surface area (Å²) >= 11 is 0. The molecular formula is C32H29FO5. The van der Waals surface area contributed by atoms with Gasteiger partial charge in [-0.1, -0.05) is 73.9 Å². The highest BCUT2D eigenvalue weighted by Crippen LogP contribution is 2.19. The van der Waals surface area contributed by atoms with E-state index in [1.54, 1.807) is 56.3 Å². The normalized spacial score (nSPS) is 10.9. The van der Waals surface area contributed by atoms with Crippen molar-refractivity contribution in [3.63, 3.8) is 0 Å². The molecule has 0 spiro atoms. The van der Waals surface area contributed by atoms with E-state index < -0.39 is 11.9 Å². The molecule has 0 aromatic heterocycles. The minimum atomic E-state index is -0.480. The van der Waals surface area contributed by atoms with Crippen LogP contribution in [0.2, 0.25) is 0 Å². The van der Waals surface area contributed by atoms with Gasteiger partial charge in [0.2, 0.25) is 0 Å². The van der Waals surface area contributed by atoms with Crippen molar-refractivity contribution in [2.45, 2.75) is 13.8 Å². The van der Waals surface area contributed by atoms with E-state index in [4.69, 9.17) is 14.2 Å². The molecule has 6 heteroatoms. The molecule has 0 N–H and O–H groups in total. The summed E-state index contributed by atoms with van der Waals surface area (Å²) in [6.45, 7) is 10.6. The maximum atomic E-state index is 14.7. The van der Waals surface area contributed by atoms with Gasteiger partial charge in [0.05, 0.1) is 0 Å². The van der Waals surface area contributed by atoms with Crippen LogP contribution in [0.1, 0.15) is 36.1 Å². The number of rotatable bonds is 11. The van der Waals surface area contributed by atoms with Crippen LogP contribution in [0, 0.1) is 5.82 Å². The molecule has 0 heterocycles. The number of benzene rings is 3. The van der Waals surface area contributed by atoms with E-state index in [0.717, 1.165) is 16.7 Å². The molecule has 3 aromatic rings. The lowest BCUT2D eigenvalue weighted by Gasteiger charge is -2.07. The average molecular weight is 513 g/mol. The first-order chi connectivity index (χ1) is 18.2. The third-order valence-electron chi connectivity index (χ3n) is 5.20. The largest absolute Gasteiger partial charge is 0.490 e. The molecule has 0 atom stereocenters. The van der Waals surface area contributed by atoms with Crippen molar-refractivity contribution in [2.24, 2.45) is 0 Å². The molecule has 0 aliphatic carbocycles. The Balaban J connectivity index is 1.53. The molecule has 3 rings (SSSR count). The minimum Gasteiger partial charge on any atom is -0.490 e. The third kappa shape index (κ3) is 8.75. The summed E-state index contributed by atoms with van der Waals surface area (Å²) in [4.78, 5) is 22.9. The van der Waals surface area contributed by atoms with Crippen LogP contribution in [-0.2, 0) is 14.3 Å². The average Bonchev–Trinajstić information content (AvgIpc) is 2.90. The van der Waals surface area contributed by atoms with Crippen LogP contribution in [-0.4, -0.2) is 25.2 Å². The summed E-state index contributed by atoms with van der Waals surface area (Å²) in [5, 5.41) is 0. The topological polar surface area (TPSA) is 61.8 Å². The number of ether oxygens (including phenoxy) is 3. The standard InChI is InChI=1S/C32H29FO5/c1-22(2)31(34)37-20-19-36-28-15-9-24(10-16-28)5-6-26-8-14-27(30(33)21-26)13-7-25-11-17-29(18-12-25)38-32(35)23(3)4/h5-18,21H,1,3,19-20H2,2,4H3/b6-5+,13-7+. The monoisotopic (exact) mass is 512 g/mol. The van der Waals surface area contributed by atoms with E-state index in [0.29, 0.717) is 28.2 Å².